The number of rotatable bonds is 3. The average Bonchev–Trinajstić information content (AvgIpc) is 2.19. The van der Waals surface area contributed by atoms with E-state index in [1.54, 1.807) is 6.26 Å². The second-order valence-electron chi connectivity index (χ2n) is 2.80. The van der Waals surface area contributed by atoms with Gasteiger partial charge in [0.1, 0.15) is 0 Å². The first-order valence-corrected chi connectivity index (χ1v) is 5.95. The van der Waals surface area contributed by atoms with E-state index in [1.807, 2.05) is 0 Å². The maximum atomic E-state index is 12.4. The summed E-state index contributed by atoms with van der Waals surface area (Å²) in [6.07, 6.45) is -3.06. The molecule has 1 aromatic rings. The smallest absolute Gasteiger partial charge is 0.286 e. The number of alkyl halides is 4. The molecule has 0 N–H and O–H groups in total. The zero-order valence-corrected chi connectivity index (χ0v) is 9.79. The fourth-order valence-electron chi connectivity index (χ4n) is 1.08. The fraction of sp³-hybridized carbons (Fsp3) is 0.500. The molecule has 0 unspecified atom stereocenters. The van der Waals surface area contributed by atoms with Crippen LogP contribution in [-0.4, -0.2) is 21.7 Å². The molecule has 0 aliphatic carbocycles. The van der Waals surface area contributed by atoms with Gasteiger partial charge in [-0.3, -0.25) is 9.36 Å². The number of thioether (sulfide) groups is 1. The molecular formula is C8H8ClF3N2OS. The summed E-state index contributed by atoms with van der Waals surface area (Å²) in [7, 11) is 0. The van der Waals surface area contributed by atoms with E-state index in [4.69, 9.17) is 11.6 Å². The summed E-state index contributed by atoms with van der Waals surface area (Å²) >= 11 is 6.42. The highest BCUT2D eigenvalue weighted by Crippen LogP contribution is 2.27. The third-order valence-electron chi connectivity index (χ3n) is 1.75. The molecule has 16 heavy (non-hydrogen) atoms. The minimum atomic E-state index is -4.61. The first-order valence-electron chi connectivity index (χ1n) is 4.19. The molecule has 1 aromatic heterocycles. The van der Waals surface area contributed by atoms with Crippen LogP contribution < -0.4 is 5.56 Å². The van der Waals surface area contributed by atoms with Crippen LogP contribution in [0.1, 0.15) is 5.69 Å². The van der Waals surface area contributed by atoms with Crippen LogP contribution in [0.3, 0.4) is 0 Å². The highest BCUT2D eigenvalue weighted by Gasteiger charge is 2.33. The Morgan fingerprint density at radius 3 is 2.62 bits per heavy atom. The number of aromatic nitrogens is 2. The lowest BCUT2D eigenvalue weighted by Gasteiger charge is -2.11. The zero-order chi connectivity index (χ0) is 12.3. The predicted octanol–water partition coefficient (Wildman–Crippen LogP) is 2.22. The van der Waals surface area contributed by atoms with Crippen molar-refractivity contribution >= 4 is 23.4 Å². The average molecular weight is 273 g/mol. The highest BCUT2D eigenvalue weighted by molar-refractivity contribution is 7.98. The maximum absolute atomic E-state index is 12.4. The van der Waals surface area contributed by atoms with Gasteiger partial charge in [-0.15, -0.1) is 11.6 Å². The molecule has 0 amide bonds. The molecule has 0 spiro atoms. The molecule has 90 valence electrons. The number of hydrogen-bond donors (Lipinski definition) is 0. The van der Waals surface area contributed by atoms with Gasteiger partial charge in [0.05, 0.1) is 0 Å². The van der Waals surface area contributed by atoms with E-state index in [2.05, 4.69) is 4.98 Å². The Hall–Kier alpha value is -0.690. The van der Waals surface area contributed by atoms with Gasteiger partial charge in [0.25, 0.3) is 5.56 Å². The quantitative estimate of drug-likeness (QED) is 0.481. The summed E-state index contributed by atoms with van der Waals surface area (Å²) in [5.41, 5.74) is -1.92. The summed E-state index contributed by atoms with van der Waals surface area (Å²) in [6.45, 7) is 0.141. The molecule has 0 aliphatic rings. The molecular weight excluding hydrogens is 265 g/mol. The molecule has 1 heterocycles. The molecule has 0 aromatic carbocycles. The van der Waals surface area contributed by atoms with Crippen LogP contribution in [0.25, 0.3) is 0 Å². The minimum Gasteiger partial charge on any atom is -0.286 e. The maximum Gasteiger partial charge on any atom is 0.433 e. The van der Waals surface area contributed by atoms with Crippen molar-refractivity contribution in [2.24, 2.45) is 0 Å². The lowest BCUT2D eigenvalue weighted by molar-refractivity contribution is -0.141. The van der Waals surface area contributed by atoms with Gasteiger partial charge in [-0.05, 0) is 6.26 Å². The van der Waals surface area contributed by atoms with E-state index in [0.717, 1.165) is 16.3 Å². The van der Waals surface area contributed by atoms with E-state index in [9.17, 15) is 18.0 Å². The molecule has 0 radical (unpaired) electrons. The SMILES string of the molecule is CSc1nc(C(F)(F)F)cc(=O)n1CCCl. The topological polar surface area (TPSA) is 34.9 Å². The molecule has 0 bridgehead atoms. The largest absolute Gasteiger partial charge is 0.433 e. The van der Waals surface area contributed by atoms with E-state index < -0.39 is 17.4 Å². The molecule has 0 fully saturated rings. The van der Waals surface area contributed by atoms with Gasteiger partial charge in [0, 0.05) is 18.5 Å². The van der Waals surface area contributed by atoms with Gasteiger partial charge >= 0.3 is 6.18 Å². The Balaban J connectivity index is 3.32. The fourth-order valence-corrected chi connectivity index (χ4v) is 1.84. The van der Waals surface area contributed by atoms with E-state index in [-0.39, 0.29) is 17.6 Å². The van der Waals surface area contributed by atoms with Crippen LogP contribution in [0.2, 0.25) is 0 Å². The third kappa shape index (κ3) is 2.91. The summed E-state index contributed by atoms with van der Waals surface area (Å²) in [5.74, 6) is 0.139. The van der Waals surface area contributed by atoms with Gasteiger partial charge in [0.15, 0.2) is 10.9 Å². The molecule has 0 atom stereocenters. The van der Waals surface area contributed by atoms with Crippen molar-refractivity contribution in [1.29, 1.82) is 0 Å². The van der Waals surface area contributed by atoms with Crippen LogP contribution in [-0.2, 0) is 12.7 Å². The monoisotopic (exact) mass is 272 g/mol. The van der Waals surface area contributed by atoms with Crippen molar-refractivity contribution < 1.29 is 13.2 Å². The van der Waals surface area contributed by atoms with E-state index in [1.165, 1.54) is 0 Å². The van der Waals surface area contributed by atoms with Crippen LogP contribution in [0.5, 0.6) is 0 Å². The van der Waals surface area contributed by atoms with Crippen LogP contribution in [0.4, 0.5) is 13.2 Å². The first kappa shape index (κ1) is 13.4. The standard InChI is InChI=1S/C8H8ClF3N2OS/c1-16-7-13-5(8(10,11)12)4-6(15)14(7)3-2-9/h4H,2-3H2,1H3. The number of hydrogen-bond acceptors (Lipinski definition) is 3. The Kier molecular flexibility index (Phi) is 4.26. The summed E-state index contributed by atoms with van der Waals surface area (Å²) in [6, 6.07) is 0.478. The molecule has 0 saturated carbocycles. The van der Waals surface area contributed by atoms with Gasteiger partial charge in [-0.1, -0.05) is 11.8 Å². The predicted molar refractivity (Wildman–Crippen MR) is 56.0 cm³/mol. The normalized spacial score (nSPS) is 11.8. The minimum absolute atomic E-state index is 0.0143. The van der Waals surface area contributed by atoms with Crippen molar-refractivity contribution in [3.63, 3.8) is 0 Å². The van der Waals surface area contributed by atoms with Crippen molar-refractivity contribution in [1.82, 2.24) is 9.55 Å². The lowest BCUT2D eigenvalue weighted by Crippen LogP contribution is -2.26. The van der Waals surface area contributed by atoms with Crippen LogP contribution in [0.15, 0.2) is 16.0 Å². The molecule has 0 aliphatic heterocycles. The van der Waals surface area contributed by atoms with Gasteiger partial charge < -0.3 is 0 Å². The van der Waals surface area contributed by atoms with Crippen LogP contribution >= 0.6 is 23.4 Å². The van der Waals surface area contributed by atoms with Gasteiger partial charge in [0.2, 0.25) is 0 Å². The molecule has 1 rings (SSSR count). The van der Waals surface area contributed by atoms with E-state index >= 15 is 0 Å². The van der Waals surface area contributed by atoms with E-state index in [0.29, 0.717) is 6.07 Å². The first-order chi connectivity index (χ1) is 7.40. The molecule has 0 saturated heterocycles. The summed E-state index contributed by atoms with van der Waals surface area (Å²) in [5, 5.41) is 0.0143. The Morgan fingerprint density at radius 2 is 2.19 bits per heavy atom. The molecule has 3 nitrogen and oxygen atoms in total. The number of halogens is 4. The van der Waals surface area contributed by atoms with Crippen molar-refractivity contribution in [2.75, 3.05) is 12.1 Å². The van der Waals surface area contributed by atoms with Crippen LogP contribution in [0, 0.1) is 0 Å². The second-order valence-corrected chi connectivity index (χ2v) is 3.96. The number of nitrogens with zero attached hydrogens (tertiary/aromatic N) is 2. The zero-order valence-electron chi connectivity index (χ0n) is 8.21. The third-order valence-corrected chi connectivity index (χ3v) is 2.60. The second kappa shape index (κ2) is 5.09. The highest BCUT2D eigenvalue weighted by atomic mass is 35.5. The van der Waals surface area contributed by atoms with Crippen molar-refractivity contribution in [3.8, 4) is 0 Å². The summed E-state index contributed by atoms with van der Waals surface area (Å²) < 4.78 is 38.2. The van der Waals surface area contributed by atoms with Crippen molar-refractivity contribution in [2.45, 2.75) is 17.9 Å². The Morgan fingerprint density at radius 1 is 1.56 bits per heavy atom. The summed E-state index contributed by atoms with van der Waals surface area (Å²) in [4.78, 5) is 14.8. The van der Waals surface area contributed by atoms with Gasteiger partial charge in [-0.2, -0.15) is 13.2 Å². The Labute approximate surface area is 98.6 Å². The Bertz CT molecular complexity index is 432. The lowest BCUT2D eigenvalue weighted by atomic mass is 10.4. The van der Waals surface area contributed by atoms with Gasteiger partial charge in [-0.25, -0.2) is 4.98 Å². The molecule has 8 heteroatoms. The van der Waals surface area contributed by atoms with Crippen molar-refractivity contribution in [3.05, 3.63) is 22.1 Å².